The minimum absolute atomic E-state index is 0.0297. The van der Waals surface area contributed by atoms with Crippen molar-refractivity contribution in [3.8, 4) is 0 Å². The Kier molecular flexibility index (Phi) is 3.05. The summed E-state index contributed by atoms with van der Waals surface area (Å²) < 4.78 is 0. The van der Waals surface area contributed by atoms with Crippen molar-refractivity contribution in [3.05, 3.63) is 0 Å². The predicted molar refractivity (Wildman–Crippen MR) is 43.7 cm³/mol. The van der Waals surface area contributed by atoms with Crippen LogP contribution in [0, 0.1) is 0 Å². The van der Waals surface area contributed by atoms with Crippen molar-refractivity contribution >= 4 is 35.0 Å². The maximum absolute atomic E-state index is 9.91. The van der Waals surface area contributed by atoms with Crippen molar-refractivity contribution in [3.63, 3.8) is 0 Å². The van der Waals surface area contributed by atoms with Gasteiger partial charge in [-0.15, -0.1) is 4.99 Å². The van der Waals surface area contributed by atoms with Gasteiger partial charge in [-0.2, -0.15) is 10.0 Å². The van der Waals surface area contributed by atoms with E-state index in [2.05, 4.69) is 20.1 Å². The van der Waals surface area contributed by atoms with Gasteiger partial charge in [0.25, 0.3) is 12.0 Å². The van der Waals surface area contributed by atoms with Crippen LogP contribution >= 0.6 is 11.6 Å². The highest BCUT2D eigenvalue weighted by atomic mass is 35.5. The van der Waals surface area contributed by atoms with E-state index in [9.17, 15) is 9.59 Å². The average molecular weight is 200 g/mol. The first-order chi connectivity index (χ1) is 6.27. The number of carbonyl (C=O) groups excluding carboxylic acids is 2. The van der Waals surface area contributed by atoms with Gasteiger partial charge in [0, 0.05) is 0 Å². The fourth-order valence-electron chi connectivity index (χ4n) is 0.613. The van der Waals surface area contributed by atoms with Gasteiger partial charge in [-0.1, -0.05) is 5.10 Å². The quantitative estimate of drug-likeness (QED) is 0.333. The minimum atomic E-state index is -0.140. The molecule has 1 aliphatic rings. The van der Waals surface area contributed by atoms with Crippen LogP contribution in [0.15, 0.2) is 20.1 Å². The second-order valence-electron chi connectivity index (χ2n) is 1.77. The predicted octanol–water partition coefficient (Wildman–Crippen LogP) is -0.203. The Balaban J connectivity index is 2.98. The van der Waals surface area contributed by atoms with Gasteiger partial charge in [0.15, 0.2) is 0 Å². The summed E-state index contributed by atoms with van der Waals surface area (Å²) in [5, 5.41) is 4.08. The van der Waals surface area contributed by atoms with Crippen molar-refractivity contribution in [1.29, 1.82) is 0 Å². The van der Waals surface area contributed by atoms with E-state index in [1.54, 1.807) is 0 Å². The van der Waals surface area contributed by atoms with E-state index in [-0.39, 0.29) is 17.9 Å². The number of hydrazone groups is 1. The number of guanidine groups is 1. The molecule has 0 radical (unpaired) electrons. The SMILES string of the molecule is O=C=NC1=NC(Cl)=NCN1N=C=O. The Morgan fingerprint density at radius 2 is 2.23 bits per heavy atom. The van der Waals surface area contributed by atoms with Crippen molar-refractivity contribution < 1.29 is 9.59 Å². The van der Waals surface area contributed by atoms with Gasteiger partial charge in [0.2, 0.25) is 11.4 Å². The smallest absolute Gasteiger partial charge is 0.232 e. The fourth-order valence-corrected chi connectivity index (χ4v) is 0.742. The molecule has 13 heavy (non-hydrogen) atoms. The number of isocyanates is 2. The molecular weight excluding hydrogens is 198 g/mol. The molecule has 0 aromatic rings. The summed E-state index contributed by atoms with van der Waals surface area (Å²) >= 11 is 5.42. The lowest BCUT2D eigenvalue weighted by atomic mass is 10.8. The maximum Gasteiger partial charge on any atom is 0.262 e. The lowest BCUT2D eigenvalue weighted by Gasteiger charge is -2.14. The number of aliphatic imine (C=N–C) groups is 3. The molecule has 7 nitrogen and oxygen atoms in total. The van der Waals surface area contributed by atoms with E-state index in [1.807, 2.05) is 0 Å². The van der Waals surface area contributed by atoms with Crippen LogP contribution in [0.3, 0.4) is 0 Å². The molecule has 0 aromatic carbocycles. The largest absolute Gasteiger partial charge is 0.262 e. The van der Waals surface area contributed by atoms with Gasteiger partial charge < -0.3 is 0 Å². The third-order valence-electron chi connectivity index (χ3n) is 1.07. The molecule has 0 unspecified atom stereocenters. The van der Waals surface area contributed by atoms with Crippen LogP contribution in [0.5, 0.6) is 0 Å². The normalized spacial score (nSPS) is 15.0. The zero-order chi connectivity index (χ0) is 9.68. The molecule has 0 aromatic heterocycles. The summed E-state index contributed by atoms with van der Waals surface area (Å²) in [5.41, 5.74) is 0. The van der Waals surface area contributed by atoms with Gasteiger partial charge >= 0.3 is 0 Å². The molecule has 1 rings (SSSR count). The molecule has 0 fully saturated rings. The van der Waals surface area contributed by atoms with Crippen LogP contribution in [0.4, 0.5) is 0 Å². The summed E-state index contributed by atoms with van der Waals surface area (Å²) in [5.74, 6) is -0.140. The first-order valence-corrected chi connectivity index (χ1v) is 3.37. The molecule has 0 aliphatic carbocycles. The van der Waals surface area contributed by atoms with Gasteiger partial charge in [0.1, 0.15) is 6.67 Å². The Hall–Kier alpha value is -1.81. The summed E-state index contributed by atoms with van der Waals surface area (Å²) in [6.07, 6.45) is 2.50. The zero-order valence-corrected chi connectivity index (χ0v) is 6.89. The third kappa shape index (κ3) is 2.31. The molecule has 66 valence electrons. The summed E-state index contributed by atoms with van der Waals surface area (Å²) in [4.78, 5) is 30.1. The molecule has 0 saturated heterocycles. The second-order valence-corrected chi connectivity index (χ2v) is 2.11. The molecule has 0 spiro atoms. The van der Waals surface area contributed by atoms with E-state index in [4.69, 9.17) is 11.6 Å². The van der Waals surface area contributed by atoms with Gasteiger partial charge in [0.05, 0.1) is 0 Å². The Bertz CT molecular complexity index is 363. The van der Waals surface area contributed by atoms with Crippen LogP contribution in [0.2, 0.25) is 0 Å². The summed E-state index contributed by atoms with van der Waals surface area (Å²) in [6.45, 7) is -0.0297. The number of hydrogen-bond acceptors (Lipinski definition) is 7. The standard InChI is InChI=1S/C5H2ClN5O2/c6-4-7-1-11(9-3-13)5(10-4)8-2-12/h1H2. The lowest BCUT2D eigenvalue weighted by molar-refractivity contribution is 0.440. The first-order valence-electron chi connectivity index (χ1n) is 2.99. The molecular formula is C5H2ClN5O2. The molecule has 0 N–H and O–H groups in total. The molecule has 1 heterocycles. The molecule has 0 saturated carbocycles. The fraction of sp³-hybridized carbons (Fsp3) is 0.200. The van der Waals surface area contributed by atoms with E-state index in [0.29, 0.717) is 0 Å². The van der Waals surface area contributed by atoms with E-state index in [1.165, 1.54) is 12.2 Å². The van der Waals surface area contributed by atoms with Crippen LogP contribution in [0.1, 0.15) is 0 Å². The highest BCUT2D eigenvalue weighted by Gasteiger charge is 2.14. The van der Waals surface area contributed by atoms with Gasteiger partial charge in [-0.3, -0.25) is 0 Å². The lowest BCUT2D eigenvalue weighted by Crippen LogP contribution is -2.28. The van der Waals surface area contributed by atoms with Crippen LogP contribution in [-0.4, -0.2) is 35.1 Å². The monoisotopic (exact) mass is 199 g/mol. The topological polar surface area (TPSA) is 86.8 Å². The van der Waals surface area contributed by atoms with Crippen LogP contribution < -0.4 is 0 Å². The number of nitrogens with zero attached hydrogens (tertiary/aromatic N) is 5. The molecule has 0 bridgehead atoms. The Morgan fingerprint density at radius 3 is 2.85 bits per heavy atom. The zero-order valence-electron chi connectivity index (χ0n) is 6.14. The maximum atomic E-state index is 9.91. The number of hydrogen-bond donors (Lipinski definition) is 0. The van der Waals surface area contributed by atoms with Crippen molar-refractivity contribution in [2.45, 2.75) is 0 Å². The third-order valence-corrected chi connectivity index (χ3v) is 1.27. The molecule has 0 amide bonds. The second kappa shape index (κ2) is 4.27. The van der Waals surface area contributed by atoms with Crippen molar-refractivity contribution in [1.82, 2.24) is 5.01 Å². The highest BCUT2D eigenvalue weighted by molar-refractivity contribution is 6.65. The van der Waals surface area contributed by atoms with E-state index in [0.717, 1.165) is 5.01 Å². The Morgan fingerprint density at radius 1 is 1.46 bits per heavy atom. The minimum Gasteiger partial charge on any atom is -0.232 e. The molecule has 8 heteroatoms. The van der Waals surface area contributed by atoms with Crippen molar-refractivity contribution in [2.24, 2.45) is 20.1 Å². The van der Waals surface area contributed by atoms with Gasteiger partial charge in [-0.25, -0.2) is 14.6 Å². The molecule has 0 atom stereocenters. The summed E-state index contributed by atoms with van der Waals surface area (Å²) in [6, 6.07) is 0. The molecule has 1 aliphatic heterocycles. The van der Waals surface area contributed by atoms with Crippen molar-refractivity contribution in [2.75, 3.05) is 6.67 Å². The van der Waals surface area contributed by atoms with Crippen LogP contribution in [-0.2, 0) is 9.59 Å². The number of halogens is 1. The van der Waals surface area contributed by atoms with Crippen LogP contribution in [0.25, 0.3) is 0 Å². The summed E-state index contributed by atoms with van der Waals surface area (Å²) in [7, 11) is 0. The number of amidine groups is 1. The first kappa shape index (κ1) is 9.28. The average Bonchev–Trinajstić information content (AvgIpc) is 2.10. The van der Waals surface area contributed by atoms with E-state index >= 15 is 0 Å². The van der Waals surface area contributed by atoms with E-state index < -0.39 is 0 Å². The van der Waals surface area contributed by atoms with Gasteiger partial charge in [-0.05, 0) is 11.6 Å². The number of rotatable bonds is 1. The highest BCUT2D eigenvalue weighted by Crippen LogP contribution is 2.04. The Labute approximate surface area is 77.1 Å².